The molecule has 0 atom stereocenters. The molecule has 0 aliphatic carbocycles. The lowest BCUT2D eigenvalue weighted by atomic mass is 10.1. The van der Waals surface area contributed by atoms with Gasteiger partial charge in [0.2, 0.25) is 11.8 Å². The summed E-state index contributed by atoms with van der Waals surface area (Å²) in [6.45, 7) is 1.63. The average Bonchev–Trinajstić information content (AvgIpc) is 3.01. The Morgan fingerprint density at radius 2 is 1.77 bits per heavy atom. The van der Waals surface area contributed by atoms with Gasteiger partial charge in [0, 0.05) is 53.5 Å². The molecule has 0 saturated heterocycles. The summed E-state index contributed by atoms with van der Waals surface area (Å²) in [6, 6.07) is 17.4. The molecule has 1 aromatic heterocycles. The third-order valence-electron chi connectivity index (χ3n) is 6.63. The molecule has 0 fully saturated rings. The van der Waals surface area contributed by atoms with Gasteiger partial charge in [-0.05, 0) is 55.0 Å². The number of aryl methyl sites for hydroxylation is 1. The van der Waals surface area contributed by atoms with E-state index in [-0.39, 0.29) is 24.1 Å². The number of para-hydroxylation sites is 1. The molecule has 222 valence electrons. The van der Waals surface area contributed by atoms with E-state index in [0.29, 0.717) is 38.9 Å². The summed E-state index contributed by atoms with van der Waals surface area (Å²) >= 11 is 13.2. The topological polar surface area (TPSA) is 110 Å². The van der Waals surface area contributed by atoms with Crippen LogP contribution in [0.4, 0.5) is 5.69 Å². The number of hydrogen-bond acceptors (Lipinski definition) is 6. The Morgan fingerprint density at radius 3 is 2.47 bits per heavy atom. The summed E-state index contributed by atoms with van der Waals surface area (Å²) in [6.07, 6.45) is 2.90. The van der Waals surface area contributed by atoms with Crippen molar-refractivity contribution >= 4 is 63.6 Å². The van der Waals surface area contributed by atoms with Crippen LogP contribution in [-0.2, 0) is 16.2 Å². The first kappa shape index (κ1) is 31.3. The number of nitrogens with one attached hydrogen (secondary N) is 2. The highest BCUT2D eigenvalue weighted by Crippen LogP contribution is 2.36. The molecule has 2 N–H and O–H groups in total. The molecule has 4 aromatic rings. The van der Waals surface area contributed by atoms with Crippen molar-refractivity contribution in [2.45, 2.75) is 13.5 Å². The van der Waals surface area contributed by atoms with Crippen LogP contribution in [0, 0.1) is 6.92 Å². The zero-order chi connectivity index (χ0) is 31.1. The fraction of sp³-hybridized carbons (Fsp3) is 0.188. The Morgan fingerprint density at radius 1 is 1.02 bits per heavy atom. The van der Waals surface area contributed by atoms with Gasteiger partial charge in [-0.1, -0.05) is 41.4 Å². The van der Waals surface area contributed by atoms with Crippen LogP contribution >= 0.6 is 23.2 Å². The predicted molar refractivity (Wildman–Crippen MR) is 169 cm³/mol. The van der Waals surface area contributed by atoms with Gasteiger partial charge in [-0.2, -0.15) is 0 Å². The minimum Gasteiger partial charge on any atom is -0.496 e. The molecule has 3 amide bonds. The Hall–Kier alpha value is -4.60. The first-order valence-electron chi connectivity index (χ1n) is 13.2. The van der Waals surface area contributed by atoms with Gasteiger partial charge in [0.05, 0.1) is 24.4 Å². The first-order valence-corrected chi connectivity index (χ1v) is 14.0. The first-order chi connectivity index (χ1) is 20.6. The van der Waals surface area contributed by atoms with Crippen molar-refractivity contribution in [2.24, 2.45) is 0 Å². The SMILES string of the molecule is CNC(=O)c1ccc(C=CC(=O)NCC(=O)N(C)c2ccc(Cl)c(COc3cccc4c(OC)cc(C)nc34)c2Cl)cc1. The van der Waals surface area contributed by atoms with Crippen molar-refractivity contribution < 1.29 is 23.9 Å². The number of benzene rings is 3. The summed E-state index contributed by atoms with van der Waals surface area (Å²) in [7, 11) is 4.71. The van der Waals surface area contributed by atoms with Crippen molar-refractivity contribution in [3.05, 3.63) is 99.2 Å². The number of halogens is 2. The van der Waals surface area contributed by atoms with Gasteiger partial charge in [0.25, 0.3) is 5.91 Å². The molecular formula is C32H30Cl2N4O5. The van der Waals surface area contributed by atoms with E-state index < -0.39 is 11.8 Å². The minimum absolute atomic E-state index is 0.0240. The maximum absolute atomic E-state index is 12.9. The third-order valence-corrected chi connectivity index (χ3v) is 7.40. The summed E-state index contributed by atoms with van der Waals surface area (Å²) in [5, 5.41) is 6.54. The number of anilines is 1. The Kier molecular flexibility index (Phi) is 10.2. The van der Waals surface area contributed by atoms with Crippen molar-refractivity contribution in [1.82, 2.24) is 15.6 Å². The number of rotatable bonds is 10. The van der Waals surface area contributed by atoms with E-state index in [9.17, 15) is 14.4 Å². The third kappa shape index (κ3) is 7.43. The van der Waals surface area contributed by atoms with Crippen LogP contribution in [-0.4, -0.2) is 50.5 Å². The van der Waals surface area contributed by atoms with Gasteiger partial charge in [-0.3, -0.25) is 14.4 Å². The van der Waals surface area contributed by atoms with Crippen LogP contribution in [0.2, 0.25) is 10.0 Å². The van der Waals surface area contributed by atoms with E-state index in [2.05, 4.69) is 15.6 Å². The Balaban J connectivity index is 1.41. The van der Waals surface area contributed by atoms with Crippen molar-refractivity contribution in [3.63, 3.8) is 0 Å². The highest BCUT2D eigenvalue weighted by Gasteiger charge is 2.19. The lowest BCUT2D eigenvalue weighted by Crippen LogP contribution is -2.37. The summed E-state index contributed by atoms with van der Waals surface area (Å²) < 4.78 is 11.6. The lowest BCUT2D eigenvalue weighted by molar-refractivity contribution is -0.122. The summed E-state index contributed by atoms with van der Waals surface area (Å²) in [4.78, 5) is 42.9. The zero-order valence-corrected chi connectivity index (χ0v) is 25.5. The van der Waals surface area contributed by atoms with Gasteiger partial charge in [0.1, 0.15) is 23.6 Å². The van der Waals surface area contributed by atoms with E-state index in [1.54, 1.807) is 69.7 Å². The second-order valence-corrected chi connectivity index (χ2v) is 10.3. The number of amides is 3. The van der Waals surface area contributed by atoms with E-state index in [4.69, 9.17) is 32.7 Å². The van der Waals surface area contributed by atoms with Gasteiger partial charge in [-0.25, -0.2) is 4.98 Å². The Bertz CT molecular complexity index is 1710. The number of nitrogens with zero attached hydrogens (tertiary/aromatic N) is 2. The number of pyridine rings is 1. The molecule has 0 unspecified atom stereocenters. The lowest BCUT2D eigenvalue weighted by Gasteiger charge is -2.21. The molecule has 0 bridgehead atoms. The average molecular weight is 622 g/mol. The number of carbonyl (C=O) groups is 3. The number of aromatic nitrogens is 1. The van der Waals surface area contributed by atoms with Crippen LogP contribution in [0.25, 0.3) is 17.0 Å². The van der Waals surface area contributed by atoms with Crippen LogP contribution in [0.3, 0.4) is 0 Å². The van der Waals surface area contributed by atoms with Crippen LogP contribution in [0.1, 0.15) is 27.2 Å². The largest absolute Gasteiger partial charge is 0.496 e. The molecule has 43 heavy (non-hydrogen) atoms. The highest BCUT2D eigenvalue weighted by atomic mass is 35.5. The number of likely N-dealkylation sites (N-methyl/N-ethyl adjacent to an activating group) is 1. The van der Waals surface area contributed by atoms with E-state index >= 15 is 0 Å². The fourth-order valence-corrected chi connectivity index (χ4v) is 4.87. The van der Waals surface area contributed by atoms with Crippen LogP contribution < -0.4 is 25.0 Å². The molecule has 1 heterocycles. The number of methoxy groups -OCH3 is 1. The molecule has 9 nitrogen and oxygen atoms in total. The van der Waals surface area contributed by atoms with Crippen LogP contribution in [0.5, 0.6) is 11.5 Å². The van der Waals surface area contributed by atoms with Crippen molar-refractivity contribution in [1.29, 1.82) is 0 Å². The number of carbonyl (C=O) groups excluding carboxylic acids is 3. The maximum Gasteiger partial charge on any atom is 0.251 e. The standard InChI is InChI=1S/C32H30Cl2N4O5/c1-19-16-27(42-4)22-6-5-7-26(31(22)37-19)43-18-23-24(33)13-14-25(30(23)34)38(3)29(40)17-36-28(39)15-10-20-8-11-21(12-9-20)32(41)35-2/h5-16H,17-18H2,1-4H3,(H,35,41)(H,36,39). The summed E-state index contributed by atoms with van der Waals surface area (Å²) in [5.74, 6) is 0.164. The number of fused-ring (bicyclic) bond motifs is 1. The van der Waals surface area contributed by atoms with Gasteiger partial charge < -0.3 is 25.0 Å². The monoisotopic (exact) mass is 620 g/mol. The van der Waals surface area contributed by atoms with Crippen LogP contribution in [0.15, 0.2) is 66.7 Å². The fourth-order valence-electron chi connectivity index (χ4n) is 4.26. The molecule has 0 radical (unpaired) electrons. The maximum atomic E-state index is 12.9. The minimum atomic E-state index is -0.455. The van der Waals surface area contributed by atoms with E-state index in [1.165, 1.54) is 11.0 Å². The molecule has 0 aliphatic rings. The van der Waals surface area contributed by atoms with Crippen molar-refractivity contribution in [2.75, 3.05) is 32.6 Å². The van der Waals surface area contributed by atoms with Gasteiger partial charge in [-0.15, -0.1) is 0 Å². The number of ether oxygens (including phenoxy) is 2. The molecule has 3 aromatic carbocycles. The quantitative estimate of drug-likeness (QED) is 0.224. The van der Waals surface area contributed by atoms with Crippen molar-refractivity contribution in [3.8, 4) is 11.5 Å². The Labute approximate surface area is 259 Å². The molecule has 4 rings (SSSR count). The van der Waals surface area contributed by atoms with Gasteiger partial charge in [0.15, 0.2) is 0 Å². The normalized spacial score (nSPS) is 10.9. The molecule has 0 spiro atoms. The second kappa shape index (κ2) is 14.0. The molecule has 0 saturated carbocycles. The van der Waals surface area contributed by atoms with E-state index in [1.807, 2.05) is 25.1 Å². The summed E-state index contributed by atoms with van der Waals surface area (Å²) in [5.41, 5.74) is 3.55. The predicted octanol–water partition coefficient (Wildman–Crippen LogP) is 5.59. The molecule has 0 aliphatic heterocycles. The van der Waals surface area contributed by atoms with Gasteiger partial charge >= 0.3 is 0 Å². The number of hydrogen-bond donors (Lipinski definition) is 2. The zero-order valence-electron chi connectivity index (χ0n) is 24.0. The molecule has 11 heteroatoms. The van der Waals surface area contributed by atoms with E-state index in [0.717, 1.165) is 16.6 Å². The highest BCUT2D eigenvalue weighted by molar-refractivity contribution is 6.38. The molecular weight excluding hydrogens is 591 g/mol. The second-order valence-electron chi connectivity index (χ2n) is 9.47. The smallest absolute Gasteiger partial charge is 0.251 e.